The zero-order valence-electron chi connectivity index (χ0n) is 12.9. The predicted octanol–water partition coefficient (Wildman–Crippen LogP) is 4.31. The first kappa shape index (κ1) is 16.5. The molecule has 0 saturated heterocycles. The number of benzene rings is 1. The Bertz CT molecular complexity index is 386. The van der Waals surface area contributed by atoms with Gasteiger partial charge >= 0.3 is 5.97 Å². The number of carbonyl (C=O) groups is 1. The van der Waals surface area contributed by atoms with Crippen molar-refractivity contribution in [1.82, 2.24) is 0 Å². The van der Waals surface area contributed by atoms with Gasteiger partial charge in [-0.3, -0.25) is 0 Å². The van der Waals surface area contributed by atoms with Gasteiger partial charge < -0.3 is 10.1 Å². The van der Waals surface area contributed by atoms with Gasteiger partial charge in [0.25, 0.3) is 0 Å². The van der Waals surface area contributed by atoms with Crippen LogP contribution in [0.3, 0.4) is 0 Å². The summed E-state index contributed by atoms with van der Waals surface area (Å²) in [5.41, 5.74) is 2.18. The summed E-state index contributed by atoms with van der Waals surface area (Å²) >= 11 is 0. The van der Waals surface area contributed by atoms with E-state index in [0.717, 1.165) is 18.5 Å². The molecule has 0 aliphatic carbocycles. The van der Waals surface area contributed by atoms with Crippen molar-refractivity contribution in [2.45, 2.75) is 58.4 Å². The topological polar surface area (TPSA) is 38.3 Å². The molecule has 3 nitrogen and oxygen atoms in total. The van der Waals surface area contributed by atoms with Crippen LogP contribution in [0.25, 0.3) is 0 Å². The Labute approximate surface area is 122 Å². The lowest BCUT2D eigenvalue weighted by molar-refractivity contribution is -0.141. The SMILES string of the molecule is CCCCCCCC(Nc1ccc(C)cc1)C(=O)OC. The summed E-state index contributed by atoms with van der Waals surface area (Å²) in [4.78, 5) is 11.8. The number of methoxy groups -OCH3 is 1. The zero-order valence-corrected chi connectivity index (χ0v) is 12.9. The quantitative estimate of drug-likeness (QED) is 0.540. The molecule has 0 amide bonds. The van der Waals surface area contributed by atoms with Crippen molar-refractivity contribution in [2.75, 3.05) is 12.4 Å². The van der Waals surface area contributed by atoms with E-state index in [1.165, 1.54) is 38.4 Å². The van der Waals surface area contributed by atoms with Gasteiger partial charge in [0, 0.05) is 5.69 Å². The van der Waals surface area contributed by atoms with Crippen molar-refractivity contribution in [3.05, 3.63) is 29.8 Å². The van der Waals surface area contributed by atoms with Gasteiger partial charge in [0.05, 0.1) is 7.11 Å². The number of nitrogens with one attached hydrogen (secondary N) is 1. The number of anilines is 1. The second-order valence-electron chi connectivity index (χ2n) is 5.29. The molecule has 0 aromatic heterocycles. The van der Waals surface area contributed by atoms with E-state index in [2.05, 4.69) is 19.2 Å². The van der Waals surface area contributed by atoms with Crippen molar-refractivity contribution in [2.24, 2.45) is 0 Å². The molecule has 20 heavy (non-hydrogen) atoms. The number of ether oxygens (including phenoxy) is 1. The fourth-order valence-corrected chi connectivity index (χ4v) is 2.19. The third-order valence-corrected chi connectivity index (χ3v) is 3.47. The molecule has 1 rings (SSSR count). The van der Waals surface area contributed by atoms with Crippen molar-refractivity contribution in [3.63, 3.8) is 0 Å². The van der Waals surface area contributed by atoms with Crippen LogP contribution in [0.4, 0.5) is 5.69 Å². The Morgan fingerprint density at radius 3 is 2.40 bits per heavy atom. The molecule has 0 radical (unpaired) electrons. The number of esters is 1. The maximum Gasteiger partial charge on any atom is 0.328 e. The van der Waals surface area contributed by atoms with Gasteiger partial charge in [-0.15, -0.1) is 0 Å². The van der Waals surface area contributed by atoms with Gasteiger partial charge in [-0.2, -0.15) is 0 Å². The van der Waals surface area contributed by atoms with E-state index in [4.69, 9.17) is 4.74 Å². The maximum absolute atomic E-state index is 11.8. The minimum absolute atomic E-state index is 0.180. The van der Waals surface area contributed by atoms with Crippen LogP contribution in [0.15, 0.2) is 24.3 Å². The molecule has 1 aromatic rings. The highest BCUT2D eigenvalue weighted by molar-refractivity contribution is 5.79. The van der Waals surface area contributed by atoms with Crippen LogP contribution in [0, 0.1) is 6.92 Å². The molecule has 1 aromatic carbocycles. The van der Waals surface area contributed by atoms with E-state index in [0.29, 0.717) is 0 Å². The number of hydrogen-bond donors (Lipinski definition) is 1. The highest BCUT2D eigenvalue weighted by atomic mass is 16.5. The number of rotatable bonds is 9. The minimum Gasteiger partial charge on any atom is -0.467 e. The molecular formula is C17H27NO2. The third kappa shape index (κ3) is 6.09. The Morgan fingerprint density at radius 2 is 1.80 bits per heavy atom. The first-order chi connectivity index (χ1) is 9.67. The van der Waals surface area contributed by atoms with Crippen LogP contribution in [-0.2, 0) is 9.53 Å². The Balaban J connectivity index is 2.47. The number of aryl methyl sites for hydroxylation is 1. The molecule has 0 saturated carbocycles. The predicted molar refractivity (Wildman–Crippen MR) is 84.0 cm³/mol. The monoisotopic (exact) mass is 277 g/mol. The Hall–Kier alpha value is -1.51. The van der Waals surface area contributed by atoms with Gasteiger partial charge in [0.2, 0.25) is 0 Å². The lowest BCUT2D eigenvalue weighted by Gasteiger charge is -2.17. The molecule has 0 heterocycles. The summed E-state index contributed by atoms with van der Waals surface area (Å²) in [5, 5.41) is 3.27. The highest BCUT2D eigenvalue weighted by Gasteiger charge is 2.18. The van der Waals surface area contributed by atoms with Crippen molar-refractivity contribution >= 4 is 11.7 Å². The summed E-state index contributed by atoms with van der Waals surface area (Å²) in [5.74, 6) is -0.180. The fraction of sp³-hybridized carbons (Fsp3) is 0.588. The second-order valence-corrected chi connectivity index (χ2v) is 5.29. The van der Waals surface area contributed by atoms with Gasteiger partial charge in [0.15, 0.2) is 0 Å². The summed E-state index contributed by atoms with van der Waals surface area (Å²) < 4.78 is 4.89. The standard InChI is InChI=1S/C17H27NO2/c1-4-5-6-7-8-9-16(17(19)20-3)18-15-12-10-14(2)11-13-15/h10-13,16,18H,4-9H2,1-3H3. The van der Waals surface area contributed by atoms with Crippen molar-refractivity contribution in [3.8, 4) is 0 Å². The summed E-state index contributed by atoms with van der Waals surface area (Å²) in [7, 11) is 1.45. The second kappa shape index (κ2) is 9.40. The molecule has 1 N–H and O–H groups in total. The average molecular weight is 277 g/mol. The molecule has 112 valence electrons. The van der Waals surface area contributed by atoms with Gasteiger partial charge in [-0.05, 0) is 25.5 Å². The average Bonchev–Trinajstić information content (AvgIpc) is 2.47. The van der Waals surface area contributed by atoms with Gasteiger partial charge in [-0.25, -0.2) is 4.79 Å². The lowest BCUT2D eigenvalue weighted by atomic mass is 10.1. The molecule has 3 heteroatoms. The minimum atomic E-state index is -0.246. The Morgan fingerprint density at radius 1 is 1.15 bits per heavy atom. The van der Waals surface area contributed by atoms with Crippen LogP contribution < -0.4 is 5.32 Å². The van der Waals surface area contributed by atoms with Crippen LogP contribution in [0.5, 0.6) is 0 Å². The van der Waals surface area contributed by atoms with Gasteiger partial charge in [0.1, 0.15) is 6.04 Å². The lowest BCUT2D eigenvalue weighted by Crippen LogP contribution is -2.30. The largest absolute Gasteiger partial charge is 0.467 e. The van der Waals surface area contributed by atoms with E-state index < -0.39 is 0 Å². The van der Waals surface area contributed by atoms with Crippen molar-refractivity contribution in [1.29, 1.82) is 0 Å². The zero-order chi connectivity index (χ0) is 14.8. The van der Waals surface area contributed by atoms with Crippen LogP contribution in [-0.4, -0.2) is 19.1 Å². The molecule has 0 aliphatic rings. The molecule has 1 atom stereocenters. The van der Waals surface area contributed by atoms with E-state index in [1.54, 1.807) is 0 Å². The van der Waals surface area contributed by atoms with E-state index in [9.17, 15) is 4.79 Å². The summed E-state index contributed by atoms with van der Waals surface area (Å²) in [6.45, 7) is 4.26. The van der Waals surface area contributed by atoms with E-state index in [-0.39, 0.29) is 12.0 Å². The van der Waals surface area contributed by atoms with Crippen LogP contribution in [0.1, 0.15) is 51.0 Å². The summed E-state index contributed by atoms with van der Waals surface area (Å²) in [6, 6.07) is 7.84. The van der Waals surface area contributed by atoms with Gasteiger partial charge in [-0.1, -0.05) is 56.7 Å². The molecule has 1 unspecified atom stereocenters. The number of hydrogen-bond acceptors (Lipinski definition) is 3. The molecule has 0 aliphatic heterocycles. The third-order valence-electron chi connectivity index (χ3n) is 3.47. The number of unbranched alkanes of at least 4 members (excludes halogenated alkanes) is 4. The van der Waals surface area contributed by atoms with Crippen LogP contribution >= 0.6 is 0 Å². The number of carbonyl (C=O) groups excluding carboxylic acids is 1. The van der Waals surface area contributed by atoms with Crippen molar-refractivity contribution < 1.29 is 9.53 Å². The Kier molecular flexibility index (Phi) is 7.78. The van der Waals surface area contributed by atoms with E-state index in [1.807, 2.05) is 24.3 Å². The first-order valence-electron chi connectivity index (χ1n) is 7.58. The summed E-state index contributed by atoms with van der Waals surface area (Å²) in [6.07, 6.45) is 6.81. The van der Waals surface area contributed by atoms with Crippen LogP contribution in [0.2, 0.25) is 0 Å². The molecule has 0 spiro atoms. The maximum atomic E-state index is 11.8. The van der Waals surface area contributed by atoms with E-state index >= 15 is 0 Å². The molecular weight excluding hydrogens is 250 g/mol. The molecule has 0 fully saturated rings. The highest BCUT2D eigenvalue weighted by Crippen LogP contribution is 2.15. The smallest absolute Gasteiger partial charge is 0.328 e. The first-order valence-corrected chi connectivity index (χ1v) is 7.58. The fourth-order valence-electron chi connectivity index (χ4n) is 2.19. The normalized spacial score (nSPS) is 11.9. The molecule has 0 bridgehead atoms.